The van der Waals surface area contributed by atoms with Crippen LogP contribution in [0.25, 0.3) is 17.2 Å². The largest absolute Gasteiger partial charge is 0.368 e. The first-order valence-corrected chi connectivity index (χ1v) is 11.4. The fourth-order valence-corrected chi connectivity index (χ4v) is 4.79. The molecule has 0 unspecified atom stereocenters. The van der Waals surface area contributed by atoms with Gasteiger partial charge < -0.3 is 9.80 Å². The number of aryl methyl sites for hydroxylation is 3. The molecular weight excluding hydrogens is 396 g/mol. The summed E-state index contributed by atoms with van der Waals surface area (Å²) in [5.41, 5.74) is 7.31. The van der Waals surface area contributed by atoms with E-state index < -0.39 is 0 Å². The van der Waals surface area contributed by atoms with E-state index in [9.17, 15) is 0 Å². The molecule has 1 aliphatic heterocycles. The highest BCUT2D eigenvalue weighted by Gasteiger charge is 2.25. The van der Waals surface area contributed by atoms with Gasteiger partial charge in [0.05, 0.1) is 0 Å². The maximum Gasteiger partial charge on any atom is 0.254 e. The Morgan fingerprint density at radius 2 is 1.56 bits per heavy atom. The summed E-state index contributed by atoms with van der Waals surface area (Å²) in [6.45, 7) is 12.5. The molecule has 0 atom stereocenters. The highest BCUT2D eigenvalue weighted by molar-refractivity contribution is 5.62. The monoisotopic (exact) mass is 426 g/mol. The smallest absolute Gasteiger partial charge is 0.254 e. The molecule has 6 nitrogen and oxygen atoms in total. The minimum Gasteiger partial charge on any atom is -0.368 e. The van der Waals surface area contributed by atoms with Gasteiger partial charge in [-0.2, -0.15) is 9.50 Å². The van der Waals surface area contributed by atoms with Gasteiger partial charge in [-0.15, -0.1) is 5.10 Å². The van der Waals surface area contributed by atoms with Crippen LogP contribution < -0.4 is 9.80 Å². The number of rotatable bonds is 4. The Bertz CT molecular complexity index is 1250. The average molecular weight is 427 g/mol. The summed E-state index contributed by atoms with van der Waals surface area (Å²) in [7, 11) is 0. The van der Waals surface area contributed by atoms with Gasteiger partial charge in [-0.25, -0.2) is 4.98 Å². The zero-order valence-electron chi connectivity index (χ0n) is 19.3. The molecule has 164 valence electrons. The van der Waals surface area contributed by atoms with Crippen molar-refractivity contribution in [2.24, 2.45) is 0 Å². The third-order valence-electron chi connectivity index (χ3n) is 6.42. The minimum atomic E-state index is 0.672. The molecule has 6 heteroatoms. The number of nitrogens with zero attached hydrogens (tertiary/aromatic N) is 6. The molecule has 0 bridgehead atoms. The lowest BCUT2D eigenvalue weighted by Crippen LogP contribution is -2.47. The Labute approximate surface area is 189 Å². The van der Waals surface area contributed by atoms with E-state index in [4.69, 9.17) is 15.1 Å². The van der Waals surface area contributed by atoms with Crippen molar-refractivity contribution in [2.45, 2.75) is 34.1 Å². The van der Waals surface area contributed by atoms with Crippen molar-refractivity contribution in [2.75, 3.05) is 36.0 Å². The Balaban J connectivity index is 1.50. The molecule has 4 aromatic rings. The molecule has 2 aromatic carbocycles. The van der Waals surface area contributed by atoms with Crippen molar-refractivity contribution < 1.29 is 0 Å². The molecular formula is C26H30N6. The van der Waals surface area contributed by atoms with E-state index in [1.807, 2.05) is 34.8 Å². The maximum atomic E-state index is 4.90. The number of anilines is 2. The van der Waals surface area contributed by atoms with Crippen molar-refractivity contribution >= 4 is 17.3 Å². The molecule has 32 heavy (non-hydrogen) atoms. The first-order valence-electron chi connectivity index (χ1n) is 11.4. The van der Waals surface area contributed by atoms with E-state index in [1.54, 1.807) is 0 Å². The van der Waals surface area contributed by atoms with Crippen LogP contribution in [0.5, 0.6) is 0 Å². The predicted molar refractivity (Wildman–Crippen MR) is 131 cm³/mol. The molecule has 0 amide bonds. The van der Waals surface area contributed by atoms with Crippen LogP contribution in [-0.2, 0) is 6.42 Å². The highest BCUT2D eigenvalue weighted by Crippen LogP contribution is 2.29. The number of fused-ring (bicyclic) bond motifs is 1. The molecule has 0 spiro atoms. The zero-order chi connectivity index (χ0) is 22.2. The van der Waals surface area contributed by atoms with Gasteiger partial charge in [0.1, 0.15) is 5.82 Å². The third-order valence-corrected chi connectivity index (χ3v) is 6.42. The van der Waals surface area contributed by atoms with E-state index in [1.165, 1.54) is 22.4 Å². The van der Waals surface area contributed by atoms with Crippen LogP contribution in [0.1, 0.15) is 29.3 Å². The van der Waals surface area contributed by atoms with Crippen LogP contribution in [-0.4, -0.2) is 45.8 Å². The molecule has 1 fully saturated rings. The van der Waals surface area contributed by atoms with E-state index in [0.717, 1.165) is 55.5 Å². The average Bonchev–Trinajstić information content (AvgIpc) is 3.22. The maximum absolute atomic E-state index is 4.90. The Kier molecular flexibility index (Phi) is 5.29. The van der Waals surface area contributed by atoms with Gasteiger partial charge in [0, 0.05) is 48.7 Å². The number of hydrogen-bond donors (Lipinski definition) is 0. The molecule has 1 saturated heterocycles. The number of benzene rings is 2. The Hall–Kier alpha value is -3.41. The SMILES string of the molecule is CCc1c(C)nc2nc(-c3ccccc3)nn2c1N1CCN(c2ccc(C)cc2C)CC1. The Morgan fingerprint density at radius 3 is 2.25 bits per heavy atom. The van der Waals surface area contributed by atoms with Crippen LogP contribution >= 0.6 is 0 Å². The first-order chi connectivity index (χ1) is 15.5. The second kappa shape index (κ2) is 8.26. The lowest BCUT2D eigenvalue weighted by molar-refractivity contribution is 0.633. The normalized spacial score (nSPS) is 14.4. The first kappa shape index (κ1) is 20.5. The second-order valence-electron chi connectivity index (χ2n) is 8.63. The standard InChI is InChI=1S/C26H30N6/c1-5-22-20(4)27-26-28-24(21-9-7-6-8-10-21)29-32(26)25(22)31-15-13-30(14-16-31)23-12-11-18(2)17-19(23)3/h6-12,17H,5,13-16H2,1-4H3. The second-order valence-corrected chi connectivity index (χ2v) is 8.63. The molecule has 2 aromatic heterocycles. The predicted octanol–water partition coefficient (Wildman–Crippen LogP) is 4.61. The van der Waals surface area contributed by atoms with Crippen molar-refractivity contribution in [3.05, 3.63) is 70.9 Å². The van der Waals surface area contributed by atoms with Crippen LogP contribution in [0.3, 0.4) is 0 Å². The number of piperazine rings is 1. The van der Waals surface area contributed by atoms with Gasteiger partial charge in [0.2, 0.25) is 0 Å². The van der Waals surface area contributed by atoms with E-state index in [-0.39, 0.29) is 0 Å². The summed E-state index contributed by atoms with van der Waals surface area (Å²) in [4.78, 5) is 14.5. The van der Waals surface area contributed by atoms with Gasteiger partial charge in [-0.3, -0.25) is 0 Å². The van der Waals surface area contributed by atoms with Gasteiger partial charge in [0.15, 0.2) is 5.82 Å². The Morgan fingerprint density at radius 1 is 0.844 bits per heavy atom. The van der Waals surface area contributed by atoms with Crippen molar-refractivity contribution in [3.63, 3.8) is 0 Å². The molecule has 0 radical (unpaired) electrons. The number of aromatic nitrogens is 4. The van der Waals surface area contributed by atoms with Crippen molar-refractivity contribution in [3.8, 4) is 11.4 Å². The molecule has 1 aliphatic rings. The molecule has 0 aliphatic carbocycles. The summed E-state index contributed by atoms with van der Waals surface area (Å²) >= 11 is 0. The quantitative estimate of drug-likeness (QED) is 0.477. The lowest BCUT2D eigenvalue weighted by atomic mass is 10.1. The molecule has 5 rings (SSSR count). The summed E-state index contributed by atoms with van der Waals surface area (Å²) in [6, 6.07) is 16.9. The van der Waals surface area contributed by atoms with Gasteiger partial charge in [-0.1, -0.05) is 55.0 Å². The van der Waals surface area contributed by atoms with Crippen LogP contribution in [0.2, 0.25) is 0 Å². The third kappa shape index (κ3) is 3.60. The zero-order valence-corrected chi connectivity index (χ0v) is 19.3. The topological polar surface area (TPSA) is 49.6 Å². The number of hydrogen-bond acceptors (Lipinski definition) is 5. The van der Waals surface area contributed by atoms with E-state index >= 15 is 0 Å². The molecule has 0 saturated carbocycles. The molecule has 3 heterocycles. The van der Waals surface area contributed by atoms with E-state index in [2.05, 4.69) is 55.7 Å². The van der Waals surface area contributed by atoms with Crippen LogP contribution in [0, 0.1) is 20.8 Å². The minimum absolute atomic E-state index is 0.672. The molecule has 0 N–H and O–H groups in total. The van der Waals surface area contributed by atoms with Crippen LogP contribution in [0.15, 0.2) is 48.5 Å². The van der Waals surface area contributed by atoms with E-state index in [0.29, 0.717) is 5.78 Å². The van der Waals surface area contributed by atoms with Crippen molar-refractivity contribution in [1.29, 1.82) is 0 Å². The fraction of sp³-hybridized carbons (Fsp3) is 0.346. The summed E-state index contributed by atoms with van der Waals surface area (Å²) in [5.74, 6) is 2.54. The lowest BCUT2D eigenvalue weighted by Gasteiger charge is -2.38. The fourth-order valence-electron chi connectivity index (χ4n) is 4.79. The summed E-state index contributed by atoms with van der Waals surface area (Å²) in [6.07, 6.45) is 0.919. The highest BCUT2D eigenvalue weighted by atomic mass is 15.4. The summed E-state index contributed by atoms with van der Waals surface area (Å²) in [5, 5.41) is 4.90. The van der Waals surface area contributed by atoms with Crippen molar-refractivity contribution in [1.82, 2.24) is 19.6 Å². The summed E-state index contributed by atoms with van der Waals surface area (Å²) < 4.78 is 1.96. The van der Waals surface area contributed by atoms with Gasteiger partial charge in [0.25, 0.3) is 5.78 Å². The van der Waals surface area contributed by atoms with Gasteiger partial charge >= 0.3 is 0 Å². The van der Waals surface area contributed by atoms with Gasteiger partial charge in [-0.05, 0) is 38.8 Å². The van der Waals surface area contributed by atoms with Crippen LogP contribution in [0.4, 0.5) is 11.5 Å².